The van der Waals surface area contributed by atoms with Crippen LogP contribution < -0.4 is 14.8 Å². The summed E-state index contributed by atoms with van der Waals surface area (Å²) < 4.78 is 30.7. The Morgan fingerprint density at radius 1 is 1.11 bits per heavy atom. The Hall–Kier alpha value is -1.87. The molecule has 0 spiro atoms. The van der Waals surface area contributed by atoms with Crippen molar-refractivity contribution in [2.75, 3.05) is 26.6 Å². The van der Waals surface area contributed by atoms with Crippen LogP contribution in [0.1, 0.15) is 28.8 Å². The highest BCUT2D eigenvalue weighted by molar-refractivity contribution is 14.1. The number of amides is 1. The molecular formula is C20H19FINO4. The molecule has 1 amide bonds. The Labute approximate surface area is 170 Å². The van der Waals surface area contributed by atoms with Gasteiger partial charge in [-0.1, -0.05) is 6.07 Å². The van der Waals surface area contributed by atoms with Crippen molar-refractivity contribution in [3.63, 3.8) is 0 Å². The van der Waals surface area contributed by atoms with E-state index in [2.05, 4.69) is 5.32 Å². The molecule has 1 saturated heterocycles. The molecule has 2 aromatic rings. The lowest BCUT2D eigenvalue weighted by molar-refractivity contribution is 0.0486. The molecule has 1 fully saturated rings. The summed E-state index contributed by atoms with van der Waals surface area (Å²) in [6.45, 7) is 1.93. The van der Waals surface area contributed by atoms with Crippen molar-refractivity contribution in [3.05, 3.63) is 56.9 Å². The van der Waals surface area contributed by atoms with Crippen LogP contribution in [0.5, 0.6) is 11.5 Å². The molecule has 4 rings (SSSR count). The molecule has 0 unspecified atom stereocenters. The largest absolute Gasteiger partial charge is 0.454 e. The van der Waals surface area contributed by atoms with E-state index in [1.54, 1.807) is 12.1 Å². The van der Waals surface area contributed by atoms with E-state index in [1.807, 2.05) is 40.8 Å². The van der Waals surface area contributed by atoms with Gasteiger partial charge in [-0.05, 0) is 71.3 Å². The molecule has 2 aromatic carbocycles. The van der Waals surface area contributed by atoms with Gasteiger partial charge in [0.05, 0.1) is 0 Å². The average molecular weight is 483 g/mol. The van der Waals surface area contributed by atoms with Gasteiger partial charge in [-0.25, -0.2) is 4.39 Å². The highest BCUT2D eigenvalue weighted by atomic mass is 127. The SMILES string of the molecule is O=C(NCC1(c2ccc3c(c2)OCO3)CCOCC1)c1ccc(I)c(F)c1. The van der Waals surface area contributed by atoms with Gasteiger partial charge in [-0.15, -0.1) is 0 Å². The number of carbonyl (C=O) groups is 1. The summed E-state index contributed by atoms with van der Waals surface area (Å²) in [4.78, 5) is 12.6. The minimum absolute atomic E-state index is 0.226. The van der Waals surface area contributed by atoms with Crippen LogP contribution in [0.15, 0.2) is 36.4 Å². The minimum Gasteiger partial charge on any atom is -0.454 e. The van der Waals surface area contributed by atoms with Crippen molar-refractivity contribution in [2.24, 2.45) is 0 Å². The number of hydrogen-bond acceptors (Lipinski definition) is 4. The maximum atomic E-state index is 13.8. The Morgan fingerprint density at radius 2 is 1.89 bits per heavy atom. The van der Waals surface area contributed by atoms with E-state index in [4.69, 9.17) is 14.2 Å². The third-order valence-electron chi connectivity index (χ3n) is 5.20. The standard InChI is InChI=1S/C20H19FINO4/c21-15-9-13(1-3-16(15)22)19(24)23-11-20(5-7-25-8-6-20)14-2-4-17-18(10-14)27-12-26-17/h1-4,9-10H,5-8,11-12H2,(H,23,24). The van der Waals surface area contributed by atoms with Crippen LogP contribution in [-0.4, -0.2) is 32.5 Å². The molecule has 0 bridgehead atoms. The summed E-state index contributed by atoms with van der Waals surface area (Å²) in [5, 5.41) is 2.99. The first-order valence-corrected chi connectivity index (χ1v) is 9.86. The maximum Gasteiger partial charge on any atom is 0.251 e. The summed E-state index contributed by atoms with van der Waals surface area (Å²) in [6, 6.07) is 10.4. The van der Waals surface area contributed by atoms with E-state index in [0.717, 1.165) is 29.9 Å². The Bertz CT molecular complexity index is 867. The molecule has 0 atom stereocenters. The van der Waals surface area contributed by atoms with Crippen molar-refractivity contribution in [2.45, 2.75) is 18.3 Å². The summed E-state index contributed by atoms with van der Waals surface area (Å²) in [5.41, 5.74) is 1.15. The van der Waals surface area contributed by atoms with Crippen LogP contribution in [0.2, 0.25) is 0 Å². The zero-order valence-electron chi connectivity index (χ0n) is 14.6. The van der Waals surface area contributed by atoms with Crippen molar-refractivity contribution in [3.8, 4) is 11.5 Å². The van der Waals surface area contributed by atoms with Crippen LogP contribution in [0.3, 0.4) is 0 Å². The molecule has 0 saturated carbocycles. The van der Waals surface area contributed by atoms with Gasteiger partial charge in [0.25, 0.3) is 5.91 Å². The molecule has 142 valence electrons. The number of carbonyl (C=O) groups excluding carboxylic acids is 1. The zero-order chi connectivity index (χ0) is 18.9. The summed E-state index contributed by atoms with van der Waals surface area (Å²) in [6.07, 6.45) is 1.57. The maximum absolute atomic E-state index is 13.8. The first kappa shape index (κ1) is 18.5. The van der Waals surface area contributed by atoms with E-state index >= 15 is 0 Å². The second-order valence-corrected chi connectivity index (χ2v) is 7.93. The Kier molecular flexibility index (Phi) is 5.23. The minimum atomic E-state index is -0.389. The van der Waals surface area contributed by atoms with Crippen LogP contribution in [0.25, 0.3) is 0 Å². The molecule has 2 aliphatic rings. The average Bonchev–Trinajstić information content (AvgIpc) is 3.17. The number of ether oxygens (including phenoxy) is 3. The lowest BCUT2D eigenvalue weighted by atomic mass is 9.74. The zero-order valence-corrected chi connectivity index (χ0v) is 16.8. The van der Waals surface area contributed by atoms with E-state index in [-0.39, 0.29) is 23.9 Å². The molecule has 0 aliphatic carbocycles. The van der Waals surface area contributed by atoms with E-state index in [1.165, 1.54) is 6.07 Å². The number of nitrogens with one attached hydrogen (secondary N) is 1. The van der Waals surface area contributed by atoms with Crippen LogP contribution >= 0.6 is 22.6 Å². The fraction of sp³-hybridized carbons (Fsp3) is 0.350. The van der Waals surface area contributed by atoms with Gasteiger partial charge in [0.15, 0.2) is 11.5 Å². The third-order valence-corrected chi connectivity index (χ3v) is 6.08. The molecule has 2 aliphatic heterocycles. The molecule has 0 aromatic heterocycles. The van der Waals surface area contributed by atoms with Gasteiger partial charge in [-0.2, -0.15) is 0 Å². The van der Waals surface area contributed by atoms with Gasteiger partial charge in [0.2, 0.25) is 6.79 Å². The van der Waals surface area contributed by atoms with Crippen LogP contribution in [0, 0.1) is 9.39 Å². The summed E-state index contributed by atoms with van der Waals surface area (Å²) in [7, 11) is 0. The highest BCUT2D eigenvalue weighted by Crippen LogP contribution is 2.40. The predicted octanol–water partition coefficient (Wildman–Crippen LogP) is 3.64. The first-order chi connectivity index (χ1) is 13.1. The first-order valence-electron chi connectivity index (χ1n) is 8.79. The number of fused-ring (bicyclic) bond motifs is 1. The van der Waals surface area contributed by atoms with Gasteiger partial charge in [0.1, 0.15) is 5.82 Å². The molecular weight excluding hydrogens is 464 g/mol. The van der Waals surface area contributed by atoms with Crippen LogP contribution in [0.4, 0.5) is 4.39 Å². The smallest absolute Gasteiger partial charge is 0.251 e. The quantitative estimate of drug-likeness (QED) is 0.676. The highest BCUT2D eigenvalue weighted by Gasteiger charge is 2.36. The van der Waals surface area contributed by atoms with E-state index in [9.17, 15) is 9.18 Å². The molecule has 0 radical (unpaired) electrons. The van der Waals surface area contributed by atoms with Crippen molar-refractivity contribution < 1.29 is 23.4 Å². The van der Waals surface area contributed by atoms with E-state index in [0.29, 0.717) is 28.9 Å². The van der Waals surface area contributed by atoms with E-state index < -0.39 is 0 Å². The van der Waals surface area contributed by atoms with Crippen molar-refractivity contribution >= 4 is 28.5 Å². The summed E-state index contributed by atoms with van der Waals surface area (Å²) in [5.74, 6) is 0.792. The lowest BCUT2D eigenvalue weighted by Gasteiger charge is -2.38. The molecule has 1 N–H and O–H groups in total. The van der Waals surface area contributed by atoms with Gasteiger partial charge < -0.3 is 19.5 Å². The van der Waals surface area contributed by atoms with Crippen LogP contribution in [-0.2, 0) is 10.2 Å². The fourth-order valence-electron chi connectivity index (χ4n) is 3.54. The molecule has 27 heavy (non-hydrogen) atoms. The molecule has 2 heterocycles. The monoisotopic (exact) mass is 483 g/mol. The number of halogens is 2. The number of rotatable bonds is 4. The van der Waals surface area contributed by atoms with Crippen molar-refractivity contribution in [1.29, 1.82) is 0 Å². The normalized spacial score (nSPS) is 17.6. The number of hydrogen-bond donors (Lipinski definition) is 1. The predicted molar refractivity (Wildman–Crippen MR) is 106 cm³/mol. The lowest BCUT2D eigenvalue weighted by Crippen LogP contribution is -2.44. The van der Waals surface area contributed by atoms with Gasteiger partial charge in [-0.3, -0.25) is 4.79 Å². The molecule has 7 heteroatoms. The third kappa shape index (κ3) is 3.75. The fourth-order valence-corrected chi connectivity index (χ4v) is 3.88. The Balaban J connectivity index is 1.55. The number of benzene rings is 2. The van der Waals surface area contributed by atoms with Gasteiger partial charge >= 0.3 is 0 Å². The summed E-state index contributed by atoms with van der Waals surface area (Å²) >= 11 is 1.90. The molecule has 5 nitrogen and oxygen atoms in total. The topological polar surface area (TPSA) is 56.8 Å². The van der Waals surface area contributed by atoms with Crippen molar-refractivity contribution in [1.82, 2.24) is 5.32 Å². The van der Waals surface area contributed by atoms with Gasteiger partial charge in [0, 0.05) is 34.3 Å². The Morgan fingerprint density at radius 3 is 2.67 bits per heavy atom. The second-order valence-electron chi connectivity index (χ2n) is 6.77. The second kappa shape index (κ2) is 7.63.